The van der Waals surface area contributed by atoms with E-state index in [0.29, 0.717) is 5.82 Å². The van der Waals surface area contributed by atoms with Gasteiger partial charge in [0.25, 0.3) is 0 Å². The van der Waals surface area contributed by atoms with Gasteiger partial charge in [-0.2, -0.15) is 0 Å². The number of methoxy groups -OCH3 is 1. The van der Waals surface area contributed by atoms with Gasteiger partial charge < -0.3 is 10.1 Å². The van der Waals surface area contributed by atoms with Crippen molar-refractivity contribution >= 4 is 17.9 Å². The number of rotatable bonds is 4. The Morgan fingerprint density at radius 2 is 2.14 bits per heavy atom. The molecule has 5 nitrogen and oxygen atoms in total. The van der Waals surface area contributed by atoms with Gasteiger partial charge >= 0.3 is 6.03 Å². The average molecular weight is 283 g/mol. The van der Waals surface area contributed by atoms with Gasteiger partial charge in [0.1, 0.15) is 11.6 Å². The molecule has 0 aliphatic heterocycles. The van der Waals surface area contributed by atoms with E-state index in [2.05, 4.69) is 15.6 Å². The average Bonchev–Trinajstić information content (AvgIpc) is 2.50. The van der Waals surface area contributed by atoms with Crippen LogP contribution in [0.3, 0.4) is 0 Å². The number of amides is 2. The number of hydrogen-bond donors (Lipinski definition) is 2. The van der Waals surface area contributed by atoms with Crippen molar-refractivity contribution in [1.29, 1.82) is 0 Å². The molecule has 5 heteroatoms. The summed E-state index contributed by atoms with van der Waals surface area (Å²) in [6.07, 6.45) is 4.99. The summed E-state index contributed by atoms with van der Waals surface area (Å²) < 4.78 is 5.13. The third kappa shape index (κ3) is 4.35. The fourth-order valence-electron chi connectivity index (χ4n) is 1.72. The lowest BCUT2D eigenvalue weighted by Gasteiger charge is -2.06. The number of benzene rings is 1. The molecule has 0 radical (unpaired) electrons. The number of aryl methyl sites for hydroxylation is 1. The standard InChI is InChI=1S/C16H17N3O2/c1-12-5-4-9-17-15(12)19-16(20)18-10-8-13-6-3-7-14(11-13)21-2/h3-11H,1-2H3,(H2,17,18,19,20)/b10-8+. The highest BCUT2D eigenvalue weighted by Gasteiger charge is 2.02. The zero-order valence-corrected chi connectivity index (χ0v) is 12.0. The number of hydrogen-bond acceptors (Lipinski definition) is 3. The predicted molar refractivity (Wildman–Crippen MR) is 83.2 cm³/mol. The van der Waals surface area contributed by atoms with Crippen molar-refractivity contribution in [2.45, 2.75) is 6.92 Å². The van der Waals surface area contributed by atoms with Crippen LogP contribution in [0.2, 0.25) is 0 Å². The summed E-state index contributed by atoms with van der Waals surface area (Å²) in [7, 11) is 1.61. The lowest BCUT2D eigenvalue weighted by molar-refractivity contribution is 0.255. The summed E-state index contributed by atoms with van der Waals surface area (Å²) in [4.78, 5) is 15.8. The molecule has 2 rings (SSSR count). The molecule has 0 spiro atoms. The van der Waals surface area contributed by atoms with Crippen molar-refractivity contribution in [3.8, 4) is 5.75 Å². The van der Waals surface area contributed by atoms with E-state index in [-0.39, 0.29) is 6.03 Å². The number of carbonyl (C=O) groups excluding carboxylic acids is 1. The molecule has 108 valence electrons. The topological polar surface area (TPSA) is 63.2 Å². The molecule has 0 saturated heterocycles. The van der Waals surface area contributed by atoms with E-state index in [0.717, 1.165) is 16.9 Å². The summed E-state index contributed by atoms with van der Waals surface area (Å²) in [6, 6.07) is 10.9. The van der Waals surface area contributed by atoms with E-state index < -0.39 is 0 Å². The maximum Gasteiger partial charge on any atom is 0.324 e. The van der Waals surface area contributed by atoms with E-state index in [1.807, 2.05) is 43.3 Å². The Hall–Kier alpha value is -2.82. The molecule has 0 bridgehead atoms. The quantitative estimate of drug-likeness (QED) is 0.905. The number of anilines is 1. The van der Waals surface area contributed by atoms with Crippen LogP contribution in [0.5, 0.6) is 5.75 Å². The van der Waals surface area contributed by atoms with Crippen LogP contribution < -0.4 is 15.4 Å². The maximum atomic E-state index is 11.7. The van der Waals surface area contributed by atoms with Gasteiger partial charge in [0.2, 0.25) is 0 Å². The van der Waals surface area contributed by atoms with E-state index >= 15 is 0 Å². The first-order valence-electron chi connectivity index (χ1n) is 6.49. The second-order valence-electron chi connectivity index (χ2n) is 4.38. The minimum atomic E-state index is -0.337. The van der Waals surface area contributed by atoms with Gasteiger partial charge in [-0.3, -0.25) is 5.32 Å². The number of pyridine rings is 1. The molecule has 0 saturated carbocycles. The van der Waals surface area contributed by atoms with Gasteiger partial charge in [-0.25, -0.2) is 9.78 Å². The van der Waals surface area contributed by atoms with Gasteiger partial charge in [-0.1, -0.05) is 18.2 Å². The number of carbonyl (C=O) groups is 1. The summed E-state index contributed by atoms with van der Waals surface area (Å²) in [5, 5.41) is 5.31. The molecule has 0 atom stereocenters. The lowest BCUT2D eigenvalue weighted by Crippen LogP contribution is -2.24. The van der Waals surface area contributed by atoms with Crippen LogP contribution in [-0.4, -0.2) is 18.1 Å². The fourth-order valence-corrected chi connectivity index (χ4v) is 1.72. The Bertz CT molecular complexity index is 653. The number of ether oxygens (including phenoxy) is 1. The molecule has 0 aliphatic carbocycles. The van der Waals surface area contributed by atoms with Crippen molar-refractivity contribution in [3.63, 3.8) is 0 Å². The SMILES string of the molecule is COc1cccc(/C=C/NC(=O)Nc2ncccc2C)c1. The molecule has 0 unspecified atom stereocenters. The van der Waals surface area contributed by atoms with Crippen molar-refractivity contribution in [2.24, 2.45) is 0 Å². The molecule has 0 fully saturated rings. The zero-order valence-electron chi connectivity index (χ0n) is 12.0. The number of nitrogens with one attached hydrogen (secondary N) is 2. The largest absolute Gasteiger partial charge is 0.497 e. The highest BCUT2D eigenvalue weighted by atomic mass is 16.5. The number of urea groups is 1. The number of aromatic nitrogens is 1. The Labute approximate surface area is 123 Å². The van der Waals surface area contributed by atoms with Gasteiger partial charge in [0.05, 0.1) is 7.11 Å². The molecule has 1 heterocycles. The third-order valence-electron chi connectivity index (χ3n) is 2.83. The normalized spacial score (nSPS) is 10.4. The van der Waals surface area contributed by atoms with E-state index in [1.165, 1.54) is 0 Å². The van der Waals surface area contributed by atoms with Crippen LogP contribution in [0.1, 0.15) is 11.1 Å². The highest BCUT2D eigenvalue weighted by Crippen LogP contribution is 2.13. The van der Waals surface area contributed by atoms with Crippen LogP contribution in [0.4, 0.5) is 10.6 Å². The molecule has 2 N–H and O–H groups in total. The molecule has 2 aromatic rings. The Kier molecular flexibility index (Phi) is 4.93. The van der Waals surface area contributed by atoms with Gasteiger partial charge in [0, 0.05) is 12.4 Å². The van der Waals surface area contributed by atoms with Crippen LogP contribution in [0, 0.1) is 6.92 Å². The maximum absolute atomic E-state index is 11.7. The molecule has 0 aliphatic rings. The predicted octanol–water partition coefficient (Wildman–Crippen LogP) is 3.19. The Morgan fingerprint density at radius 3 is 2.90 bits per heavy atom. The van der Waals surface area contributed by atoms with E-state index in [4.69, 9.17) is 4.74 Å². The highest BCUT2D eigenvalue weighted by molar-refractivity contribution is 5.89. The summed E-state index contributed by atoms with van der Waals surface area (Å²) in [5.74, 6) is 1.32. The van der Waals surface area contributed by atoms with Crippen molar-refractivity contribution in [2.75, 3.05) is 12.4 Å². The van der Waals surface area contributed by atoms with Gasteiger partial charge in [-0.15, -0.1) is 0 Å². The minimum Gasteiger partial charge on any atom is -0.497 e. The van der Waals surface area contributed by atoms with Crippen LogP contribution in [0.15, 0.2) is 48.8 Å². The van der Waals surface area contributed by atoms with Crippen LogP contribution in [-0.2, 0) is 0 Å². The van der Waals surface area contributed by atoms with Crippen molar-refractivity contribution in [1.82, 2.24) is 10.3 Å². The summed E-state index contributed by atoms with van der Waals surface area (Å²) in [5.41, 5.74) is 1.84. The first-order valence-corrected chi connectivity index (χ1v) is 6.49. The zero-order chi connectivity index (χ0) is 15.1. The summed E-state index contributed by atoms with van der Waals surface area (Å²) >= 11 is 0. The van der Waals surface area contributed by atoms with Crippen LogP contribution >= 0.6 is 0 Å². The van der Waals surface area contributed by atoms with E-state index in [9.17, 15) is 4.79 Å². The first-order chi connectivity index (χ1) is 10.2. The monoisotopic (exact) mass is 283 g/mol. The molecule has 1 aromatic carbocycles. The molecule has 2 amide bonds. The number of nitrogens with zero attached hydrogens (tertiary/aromatic N) is 1. The lowest BCUT2D eigenvalue weighted by atomic mass is 10.2. The Morgan fingerprint density at radius 1 is 1.29 bits per heavy atom. The fraction of sp³-hybridized carbons (Fsp3) is 0.125. The van der Waals surface area contributed by atoms with E-state index in [1.54, 1.807) is 25.6 Å². The van der Waals surface area contributed by atoms with Gasteiger partial charge in [0.15, 0.2) is 0 Å². The Balaban J connectivity index is 1.91. The molecular weight excluding hydrogens is 266 g/mol. The summed E-state index contributed by atoms with van der Waals surface area (Å²) in [6.45, 7) is 1.88. The second kappa shape index (κ2) is 7.09. The smallest absolute Gasteiger partial charge is 0.324 e. The molecule has 21 heavy (non-hydrogen) atoms. The van der Waals surface area contributed by atoms with Crippen molar-refractivity contribution < 1.29 is 9.53 Å². The van der Waals surface area contributed by atoms with Gasteiger partial charge in [-0.05, 0) is 42.3 Å². The third-order valence-corrected chi connectivity index (χ3v) is 2.83. The second-order valence-corrected chi connectivity index (χ2v) is 4.38. The van der Waals surface area contributed by atoms with Crippen molar-refractivity contribution in [3.05, 3.63) is 59.9 Å². The molecular formula is C16H17N3O2. The van der Waals surface area contributed by atoms with Crippen LogP contribution in [0.25, 0.3) is 6.08 Å². The minimum absolute atomic E-state index is 0.337. The first kappa shape index (κ1) is 14.6. The molecule has 1 aromatic heterocycles.